The van der Waals surface area contributed by atoms with E-state index in [1.54, 1.807) is 24.3 Å². The summed E-state index contributed by atoms with van der Waals surface area (Å²) in [6, 6.07) is 6.29. The zero-order valence-electron chi connectivity index (χ0n) is 9.84. The monoisotopic (exact) mass is 333 g/mol. The van der Waals surface area contributed by atoms with Crippen LogP contribution in [-0.2, 0) is 10.0 Å². The predicted molar refractivity (Wildman–Crippen MR) is 72.7 cm³/mol. The van der Waals surface area contributed by atoms with Crippen LogP contribution in [0.3, 0.4) is 0 Å². The average Bonchev–Trinajstić information content (AvgIpc) is 2.32. The molecule has 0 amide bonds. The molecule has 1 aliphatic rings. The van der Waals surface area contributed by atoms with Crippen molar-refractivity contribution in [2.24, 2.45) is 0 Å². The lowest BCUT2D eigenvalue weighted by Crippen LogP contribution is -2.45. The summed E-state index contributed by atoms with van der Waals surface area (Å²) in [7, 11) is -3.58. The summed E-state index contributed by atoms with van der Waals surface area (Å²) in [5.41, 5.74) is 0. The fraction of sp³-hybridized carbons (Fsp3) is 0.500. The van der Waals surface area contributed by atoms with Gasteiger partial charge in [0.1, 0.15) is 0 Å². The molecule has 2 rings (SSSR count). The number of aliphatic hydroxyl groups excluding tert-OH is 1. The third-order valence-corrected chi connectivity index (χ3v) is 5.66. The molecule has 2 atom stereocenters. The Morgan fingerprint density at radius 3 is 2.56 bits per heavy atom. The summed E-state index contributed by atoms with van der Waals surface area (Å²) in [6.45, 7) is 0. The lowest BCUT2D eigenvalue weighted by atomic mass is 9.93. The topological polar surface area (TPSA) is 66.4 Å². The van der Waals surface area contributed by atoms with Crippen molar-refractivity contribution in [2.75, 3.05) is 0 Å². The normalized spacial score (nSPS) is 25.0. The number of hydrogen-bond acceptors (Lipinski definition) is 3. The Labute approximate surface area is 116 Å². The Balaban J connectivity index is 2.19. The van der Waals surface area contributed by atoms with Gasteiger partial charge in [0.05, 0.1) is 11.0 Å². The first-order valence-electron chi connectivity index (χ1n) is 5.95. The molecule has 0 aromatic heterocycles. The number of hydrogen-bond donors (Lipinski definition) is 2. The number of nitrogens with one attached hydrogen (secondary N) is 1. The Bertz CT molecular complexity index is 518. The Morgan fingerprint density at radius 1 is 1.22 bits per heavy atom. The van der Waals surface area contributed by atoms with Crippen LogP contribution in [-0.4, -0.2) is 25.7 Å². The predicted octanol–water partition coefficient (Wildman–Crippen LogP) is 2.03. The SMILES string of the molecule is O=S(=O)(N[C@@H]1CCCC[C@H]1O)c1ccccc1Br. The van der Waals surface area contributed by atoms with Crippen molar-refractivity contribution in [1.29, 1.82) is 0 Å². The molecule has 1 aliphatic carbocycles. The third-order valence-electron chi connectivity index (χ3n) is 3.16. The molecule has 1 saturated carbocycles. The van der Waals surface area contributed by atoms with Crippen LogP contribution in [0.4, 0.5) is 0 Å². The highest BCUT2D eigenvalue weighted by Gasteiger charge is 2.28. The van der Waals surface area contributed by atoms with Gasteiger partial charge in [-0.15, -0.1) is 0 Å². The van der Waals surface area contributed by atoms with Gasteiger partial charge in [0.2, 0.25) is 10.0 Å². The summed E-state index contributed by atoms with van der Waals surface area (Å²) in [6.07, 6.45) is 2.65. The van der Waals surface area contributed by atoms with Crippen LogP contribution in [0, 0.1) is 0 Å². The van der Waals surface area contributed by atoms with Crippen LogP contribution in [0.2, 0.25) is 0 Å². The van der Waals surface area contributed by atoms with Crippen molar-refractivity contribution < 1.29 is 13.5 Å². The van der Waals surface area contributed by atoms with Crippen LogP contribution in [0.25, 0.3) is 0 Å². The zero-order valence-corrected chi connectivity index (χ0v) is 12.2. The van der Waals surface area contributed by atoms with Crippen molar-refractivity contribution in [1.82, 2.24) is 4.72 Å². The highest BCUT2D eigenvalue weighted by Crippen LogP contribution is 2.24. The van der Waals surface area contributed by atoms with Gasteiger partial charge in [-0.1, -0.05) is 25.0 Å². The van der Waals surface area contributed by atoms with Crippen molar-refractivity contribution in [3.05, 3.63) is 28.7 Å². The standard InChI is InChI=1S/C12H16BrNO3S/c13-9-5-1-4-8-12(9)18(16,17)14-10-6-2-3-7-11(10)15/h1,4-5,8,10-11,14-15H,2-3,6-7H2/t10-,11-/m1/s1. The molecule has 0 spiro atoms. The van der Waals surface area contributed by atoms with Crippen LogP contribution in [0.5, 0.6) is 0 Å². The summed E-state index contributed by atoms with van der Waals surface area (Å²) >= 11 is 3.23. The molecule has 0 radical (unpaired) electrons. The first-order valence-corrected chi connectivity index (χ1v) is 8.23. The molecule has 0 heterocycles. The van der Waals surface area contributed by atoms with Gasteiger partial charge in [-0.25, -0.2) is 13.1 Å². The van der Waals surface area contributed by atoms with Crippen LogP contribution < -0.4 is 4.72 Å². The summed E-state index contributed by atoms with van der Waals surface area (Å²) < 4.78 is 27.6. The second kappa shape index (κ2) is 5.69. The molecule has 1 fully saturated rings. The minimum atomic E-state index is -3.58. The molecule has 0 unspecified atom stereocenters. The van der Waals surface area contributed by atoms with E-state index in [9.17, 15) is 13.5 Å². The van der Waals surface area contributed by atoms with Gasteiger partial charge in [0.15, 0.2) is 0 Å². The molecule has 0 aliphatic heterocycles. The third kappa shape index (κ3) is 3.12. The van der Waals surface area contributed by atoms with Gasteiger partial charge in [0, 0.05) is 10.5 Å². The minimum absolute atomic E-state index is 0.211. The molecular weight excluding hydrogens is 318 g/mol. The minimum Gasteiger partial charge on any atom is -0.391 e. The quantitative estimate of drug-likeness (QED) is 0.889. The van der Waals surface area contributed by atoms with E-state index in [1.807, 2.05) is 0 Å². The Morgan fingerprint density at radius 2 is 1.89 bits per heavy atom. The molecule has 4 nitrogen and oxygen atoms in total. The highest BCUT2D eigenvalue weighted by atomic mass is 79.9. The zero-order chi connectivity index (χ0) is 13.2. The fourth-order valence-corrected chi connectivity index (χ4v) is 4.48. The maximum atomic E-state index is 12.2. The molecular formula is C12H16BrNO3S. The molecule has 1 aromatic carbocycles. The van der Waals surface area contributed by atoms with E-state index in [1.165, 1.54) is 0 Å². The van der Waals surface area contributed by atoms with Gasteiger partial charge in [-0.05, 0) is 40.9 Å². The second-order valence-electron chi connectivity index (χ2n) is 4.51. The smallest absolute Gasteiger partial charge is 0.242 e. The van der Waals surface area contributed by atoms with E-state index in [0.717, 1.165) is 12.8 Å². The summed E-state index contributed by atoms with van der Waals surface area (Å²) in [4.78, 5) is 0.211. The van der Waals surface area contributed by atoms with Crippen LogP contribution in [0.15, 0.2) is 33.6 Å². The average molecular weight is 334 g/mol. The van der Waals surface area contributed by atoms with E-state index in [2.05, 4.69) is 20.7 Å². The van der Waals surface area contributed by atoms with E-state index in [4.69, 9.17) is 0 Å². The number of benzene rings is 1. The summed E-state index contributed by atoms with van der Waals surface area (Å²) in [5.74, 6) is 0. The first kappa shape index (κ1) is 14.0. The van der Waals surface area contributed by atoms with E-state index < -0.39 is 16.1 Å². The van der Waals surface area contributed by atoms with E-state index >= 15 is 0 Å². The number of sulfonamides is 1. The van der Waals surface area contributed by atoms with Crippen LogP contribution >= 0.6 is 15.9 Å². The van der Waals surface area contributed by atoms with Gasteiger partial charge >= 0.3 is 0 Å². The molecule has 100 valence electrons. The lowest BCUT2D eigenvalue weighted by molar-refractivity contribution is 0.101. The fourth-order valence-electron chi connectivity index (χ4n) is 2.17. The van der Waals surface area contributed by atoms with Gasteiger partial charge in [-0.3, -0.25) is 0 Å². The van der Waals surface area contributed by atoms with Gasteiger partial charge in [-0.2, -0.15) is 0 Å². The van der Waals surface area contributed by atoms with Crippen molar-refractivity contribution in [3.63, 3.8) is 0 Å². The lowest BCUT2D eigenvalue weighted by Gasteiger charge is -2.28. The Hall–Kier alpha value is -0.430. The molecule has 6 heteroatoms. The van der Waals surface area contributed by atoms with E-state index in [-0.39, 0.29) is 10.9 Å². The summed E-state index contributed by atoms with van der Waals surface area (Å²) in [5, 5.41) is 9.81. The molecule has 0 saturated heterocycles. The second-order valence-corrected chi connectivity index (χ2v) is 7.05. The number of aliphatic hydroxyl groups is 1. The van der Waals surface area contributed by atoms with Crippen molar-refractivity contribution in [3.8, 4) is 0 Å². The van der Waals surface area contributed by atoms with Crippen molar-refractivity contribution >= 4 is 26.0 Å². The molecule has 0 bridgehead atoms. The van der Waals surface area contributed by atoms with E-state index in [0.29, 0.717) is 17.3 Å². The van der Waals surface area contributed by atoms with Gasteiger partial charge in [0.25, 0.3) is 0 Å². The first-order chi connectivity index (χ1) is 8.50. The molecule has 1 aromatic rings. The maximum Gasteiger partial charge on any atom is 0.242 e. The van der Waals surface area contributed by atoms with Crippen LogP contribution in [0.1, 0.15) is 25.7 Å². The number of halogens is 1. The highest BCUT2D eigenvalue weighted by molar-refractivity contribution is 9.10. The maximum absolute atomic E-state index is 12.2. The number of rotatable bonds is 3. The molecule has 2 N–H and O–H groups in total. The van der Waals surface area contributed by atoms with Crippen molar-refractivity contribution in [2.45, 2.75) is 42.7 Å². The molecule has 18 heavy (non-hydrogen) atoms. The Kier molecular flexibility index (Phi) is 4.42. The van der Waals surface area contributed by atoms with Gasteiger partial charge < -0.3 is 5.11 Å². The largest absolute Gasteiger partial charge is 0.391 e.